The number of hydrogen-bond acceptors (Lipinski definition) is 5. The molecule has 2 aliphatic heterocycles. The molecule has 2 fully saturated rings. The Balaban J connectivity index is 1.75. The summed E-state index contributed by atoms with van der Waals surface area (Å²) in [5.41, 5.74) is 6.52. The first-order valence-electron chi connectivity index (χ1n) is 9.13. The highest BCUT2D eigenvalue weighted by atomic mass is 35.5. The van der Waals surface area contributed by atoms with Gasteiger partial charge in [-0.25, -0.2) is 4.79 Å². The quantitative estimate of drug-likeness (QED) is 0.540. The molecule has 0 aliphatic carbocycles. The molecule has 2 atom stereocenters. The Labute approximate surface area is 175 Å². The molecule has 2 saturated heterocycles. The van der Waals surface area contributed by atoms with Crippen molar-refractivity contribution in [2.75, 3.05) is 19.6 Å². The van der Waals surface area contributed by atoms with E-state index in [2.05, 4.69) is 15.0 Å². The molecular weight excluding hydrogens is 434 g/mol. The van der Waals surface area contributed by atoms with E-state index in [1.165, 1.54) is 6.07 Å². The van der Waals surface area contributed by atoms with Gasteiger partial charge in [-0.1, -0.05) is 23.2 Å². The lowest BCUT2D eigenvalue weighted by molar-refractivity contribution is -0.189. The molecule has 0 spiro atoms. The highest BCUT2D eigenvalue weighted by molar-refractivity contribution is 6.42. The minimum absolute atomic E-state index is 0.0126. The Bertz CT molecular complexity index is 799. The van der Waals surface area contributed by atoms with Crippen molar-refractivity contribution in [1.29, 1.82) is 0 Å². The second kappa shape index (κ2) is 8.67. The van der Waals surface area contributed by atoms with Gasteiger partial charge in [-0.2, -0.15) is 13.2 Å². The molecule has 1 aromatic rings. The number of benzene rings is 1. The smallest absolute Gasteiger partial charge is 0.419 e. The largest absolute Gasteiger partial charge is 0.491 e. The van der Waals surface area contributed by atoms with Crippen LogP contribution in [-0.2, 0) is 9.59 Å². The fourth-order valence-electron chi connectivity index (χ4n) is 3.82. The van der Waals surface area contributed by atoms with E-state index in [4.69, 9.17) is 28.9 Å². The van der Waals surface area contributed by atoms with Crippen LogP contribution in [0.2, 0.25) is 10.0 Å². The molecule has 3 N–H and O–H groups in total. The van der Waals surface area contributed by atoms with E-state index < -0.39 is 18.2 Å². The number of ether oxygens (including phenoxy) is 1. The summed E-state index contributed by atoms with van der Waals surface area (Å²) >= 11 is 11.9. The number of nitrogens with one attached hydrogen (secondary N) is 1. The maximum atomic E-state index is 12.6. The zero-order valence-corrected chi connectivity index (χ0v) is 16.8. The van der Waals surface area contributed by atoms with Crippen LogP contribution in [0.4, 0.5) is 13.2 Å². The average Bonchev–Trinajstić information content (AvgIpc) is 3.09. The number of piperidine rings is 1. The predicted octanol–water partition coefficient (Wildman–Crippen LogP) is 3.06. The first-order valence-corrected chi connectivity index (χ1v) is 9.89. The van der Waals surface area contributed by atoms with Crippen LogP contribution in [0.1, 0.15) is 30.9 Å². The van der Waals surface area contributed by atoms with Crippen LogP contribution in [0.3, 0.4) is 0 Å². The van der Waals surface area contributed by atoms with E-state index in [1.54, 1.807) is 0 Å². The molecule has 0 bridgehead atoms. The first-order chi connectivity index (χ1) is 13.6. The van der Waals surface area contributed by atoms with Crippen molar-refractivity contribution in [3.8, 4) is 5.75 Å². The minimum atomic E-state index is -5.15. The molecule has 0 aromatic heterocycles. The van der Waals surface area contributed by atoms with Crippen LogP contribution in [-0.4, -0.2) is 48.6 Å². The number of carbonyl (C=O) groups excluding carboxylic acids is 2. The number of likely N-dealkylation sites (tertiary alicyclic amines) is 1. The van der Waals surface area contributed by atoms with Crippen LogP contribution in [0.15, 0.2) is 12.1 Å². The summed E-state index contributed by atoms with van der Waals surface area (Å²) in [5, 5.41) is 2.86. The van der Waals surface area contributed by atoms with Gasteiger partial charge in [0, 0.05) is 24.2 Å². The zero-order valence-electron chi connectivity index (χ0n) is 15.3. The fraction of sp³-hybridized carbons (Fsp3) is 0.556. The van der Waals surface area contributed by atoms with E-state index in [1.807, 2.05) is 0 Å². The Hall–Kier alpha value is -1.55. The molecule has 6 nitrogen and oxygen atoms in total. The van der Waals surface area contributed by atoms with Gasteiger partial charge in [0.1, 0.15) is 5.75 Å². The summed E-state index contributed by atoms with van der Waals surface area (Å²) < 4.78 is 42.4. The molecule has 160 valence electrons. The van der Waals surface area contributed by atoms with Crippen molar-refractivity contribution in [2.24, 2.45) is 11.7 Å². The molecule has 0 saturated carbocycles. The molecule has 0 radical (unpaired) electrons. The minimum Gasteiger partial charge on any atom is -0.419 e. The molecule has 2 unspecified atom stereocenters. The number of amides is 1. The van der Waals surface area contributed by atoms with E-state index in [0.717, 1.165) is 12.5 Å². The molecule has 1 aromatic carbocycles. The zero-order chi connectivity index (χ0) is 21.3. The highest BCUT2D eigenvalue weighted by Crippen LogP contribution is 2.39. The number of alkyl halides is 3. The molecule has 1 amide bonds. The van der Waals surface area contributed by atoms with Gasteiger partial charge in [0.25, 0.3) is 0 Å². The molecule has 11 heteroatoms. The fourth-order valence-corrected chi connectivity index (χ4v) is 4.15. The summed E-state index contributed by atoms with van der Waals surface area (Å²) in [6.45, 7) is 1.92. The molecular formula is C18H20Cl2F3N3O3. The van der Waals surface area contributed by atoms with Crippen molar-refractivity contribution < 1.29 is 27.5 Å². The number of rotatable bonds is 4. The molecule has 29 heavy (non-hydrogen) atoms. The topological polar surface area (TPSA) is 84.7 Å². The van der Waals surface area contributed by atoms with Crippen molar-refractivity contribution in [3.05, 3.63) is 27.7 Å². The summed E-state index contributed by atoms with van der Waals surface area (Å²) in [4.78, 5) is 25.2. The second-order valence-corrected chi connectivity index (χ2v) is 8.00. The van der Waals surface area contributed by atoms with Gasteiger partial charge in [0.15, 0.2) is 0 Å². The van der Waals surface area contributed by atoms with Gasteiger partial charge in [-0.05, 0) is 44.3 Å². The third-order valence-electron chi connectivity index (χ3n) is 5.39. The number of hydrogen-bond donors (Lipinski definition) is 2. The Morgan fingerprint density at radius 2 is 1.83 bits per heavy atom. The van der Waals surface area contributed by atoms with E-state index in [-0.39, 0.29) is 39.2 Å². The predicted molar refractivity (Wildman–Crippen MR) is 101 cm³/mol. The summed E-state index contributed by atoms with van der Waals surface area (Å²) in [6.07, 6.45) is -3.13. The first kappa shape index (κ1) is 22.1. The summed E-state index contributed by atoms with van der Waals surface area (Å²) in [6, 6.07) is 1.55. The summed E-state index contributed by atoms with van der Waals surface area (Å²) in [5.74, 6) is -2.78. The Kier molecular flexibility index (Phi) is 6.62. The maximum Gasteiger partial charge on any atom is 0.491 e. The van der Waals surface area contributed by atoms with E-state index >= 15 is 0 Å². The lowest BCUT2D eigenvalue weighted by Gasteiger charge is -2.37. The van der Waals surface area contributed by atoms with E-state index in [0.29, 0.717) is 32.5 Å². The van der Waals surface area contributed by atoms with Gasteiger partial charge in [0.05, 0.1) is 16.1 Å². The van der Waals surface area contributed by atoms with Crippen LogP contribution in [0.25, 0.3) is 0 Å². The van der Waals surface area contributed by atoms with Gasteiger partial charge in [-0.3, -0.25) is 9.69 Å². The van der Waals surface area contributed by atoms with Crippen LogP contribution in [0, 0.1) is 5.92 Å². The normalized spacial score (nSPS) is 22.4. The number of nitrogens with two attached hydrogens (primary N) is 1. The lowest BCUT2D eigenvalue weighted by atomic mass is 9.85. The average molecular weight is 454 g/mol. The number of nitrogens with zero attached hydrogens (tertiary/aromatic N) is 1. The van der Waals surface area contributed by atoms with E-state index in [9.17, 15) is 22.8 Å². The van der Waals surface area contributed by atoms with Crippen LogP contribution in [0.5, 0.6) is 5.75 Å². The highest BCUT2D eigenvalue weighted by Gasteiger charge is 2.42. The lowest BCUT2D eigenvalue weighted by Crippen LogP contribution is -2.46. The van der Waals surface area contributed by atoms with Crippen LogP contribution >= 0.6 is 23.2 Å². The monoisotopic (exact) mass is 453 g/mol. The number of esters is 1. The third-order valence-corrected chi connectivity index (χ3v) is 6.11. The van der Waals surface area contributed by atoms with Crippen molar-refractivity contribution in [3.63, 3.8) is 0 Å². The Morgan fingerprint density at radius 1 is 1.21 bits per heavy atom. The number of halogens is 5. The second-order valence-electron chi connectivity index (χ2n) is 7.19. The van der Waals surface area contributed by atoms with Crippen molar-refractivity contribution in [2.45, 2.75) is 37.5 Å². The van der Waals surface area contributed by atoms with Gasteiger partial charge in [0.2, 0.25) is 5.91 Å². The van der Waals surface area contributed by atoms with Crippen molar-refractivity contribution in [1.82, 2.24) is 10.2 Å². The standard InChI is InChI=1S/C18H20Cl2F3N3O3/c19-11-7-10(14(8-12(11)20)29-17(28)18(21,22)23)15(24)9-2-5-26(6-3-9)13-1-4-25-16(13)27/h7-9,13,15H,1-6,24H2,(H,25,27). The molecule has 2 heterocycles. The summed E-state index contributed by atoms with van der Waals surface area (Å²) in [7, 11) is 0. The molecule has 2 aliphatic rings. The number of carbonyl (C=O) groups is 2. The maximum absolute atomic E-state index is 12.6. The molecule has 3 rings (SSSR count). The van der Waals surface area contributed by atoms with Gasteiger partial charge < -0.3 is 15.8 Å². The van der Waals surface area contributed by atoms with Gasteiger partial charge in [-0.15, -0.1) is 0 Å². The van der Waals surface area contributed by atoms with Gasteiger partial charge >= 0.3 is 12.1 Å². The SMILES string of the molecule is NC(c1cc(Cl)c(Cl)cc1OC(=O)C(F)(F)F)C1CCN(C2CCNC2=O)CC1. The van der Waals surface area contributed by atoms with Crippen LogP contribution < -0.4 is 15.8 Å². The van der Waals surface area contributed by atoms with Crippen molar-refractivity contribution >= 4 is 35.1 Å². The Morgan fingerprint density at radius 3 is 2.38 bits per heavy atom. The third kappa shape index (κ3) is 4.96.